The van der Waals surface area contributed by atoms with E-state index >= 15 is 0 Å². The highest BCUT2D eigenvalue weighted by atomic mass is 15.2. The van der Waals surface area contributed by atoms with Gasteiger partial charge in [-0.25, -0.2) is 0 Å². The van der Waals surface area contributed by atoms with Gasteiger partial charge in [0.15, 0.2) is 0 Å². The van der Waals surface area contributed by atoms with Crippen molar-refractivity contribution in [3.8, 4) is 0 Å². The van der Waals surface area contributed by atoms with E-state index in [1.807, 2.05) is 0 Å². The lowest BCUT2D eigenvalue weighted by molar-refractivity contribution is 0.104. The molecule has 0 aliphatic carbocycles. The Morgan fingerprint density at radius 2 is 1.85 bits per heavy atom. The molecule has 0 saturated carbocycles. The lowest BCUT2D eigenvalue weighted by atomic mass is 9.96. The zero-order chi connectivity index (χ0) is 14.1. The SMILES string of the molecule is CC1CN(C(C)c2cccc3ccccc23)C(C)CN1. The summed E-state index contributed by atoms with van der Waals surface area (Å²) in [6.07, 6.45) is 0. The van der Waals surface area contributed by atoms with Crippen LogP contribution < -0.4 is 5.32 Å². The van der Waals surface area contributed by atoms with E-state index in [2.05, 4.69) is 73.5 Å². The highest BCUT2D eigenvalue weighted by Gasteiger charge is 2.27. The Morgan fingerprint density at radius 3 is 2.70 bits per heavy atom. The van der Waals surface area contributed by atoms with Crippen molar-refractivity contribution in [1.29, 1.82) is 0 Å². The third-order valence-corrected chi connectivity index (χ3v) is 4.58. The fourth-order valence-electron chi connectivity index (χ4n) is 3.38. The smallest absolute Gasteiger partial charge is 0.0330 e. The molecule has 1 aliphatic rings. The molecule has 1 saturated heterocycles. The third kappa shape index (κ3) is 2.46. The average Bonchev–Trinajstić information content (AvgIpc) is 2.48. The molecule has 20 heavy (non-hydrogen) atoms. The first-order chi connectivity index (χ1) is 9.66. The number of rotatable bonds is 2. The summed E-state index contributed by atoms with van der Waals surface area (Å²) >= 11 is 0. The minimum Gasteiger partial charge on any atom is -0.311 e. The van der Waals surface area contributed by atoms with E-state index in [0.717, 1.165) is 13.1 Å². The number of hydrogen-bond donors (Lipinski definition) is 1. The molecule has 0 aromatic heterocycles. The van der Waals surface area contributed by atoms with E-state index in [0.29, 0.717) is 18.1 Å². The molecular weight excluding hydrogens is 244 g/mol. The number of piperazine rings is 1. The number of benzene rings is 2. The van der Waals surface area contributed by atoms with Crippen LogP contribution in [0.15, 0.2) is 42.5 Å². The maximum atomic E-state index is 3.56. The molecular formula is C18H24N2. The Balaban J connectivity index is 1.97. The molecule has 3 unspecified atom stereocenters. The van der Waals surface area contributed by atoms with Gasteiger partial charge in [0.25, 0.3) is 0 Å². The van der Waals surface area contributed by atoms with Crippen molar-refractivity contribution < 1.29 is 0 Å². The largest absolute Gasteiger partial charge is 0.311 e. The molecule has 1 fully saturated rings. The molecule has 1 heterocycles. The van der Waals surface area contributed by atoms with Crippen LogP contribution in [-0.2, 0) is 0 Å². The molecule has 2 nitrogen and oxygen atoms in total. The van der Waals surface area contributed by atoms with Gasteiger partial charge in [-0.1, -0.05) is 42.5 Å². The van der Waals surface area contributed by atoms with Gasteiger partial charge in [0.05, 0.1) is 0 Å². The molecule has 0 radical (unpaired) electrons. The molecule has 2 aromatic rings. The van der Waals surface area contributed by atoms with Crippen LogP contribution in [0.5, 0.6) is 0 Å². The van der Waals surface area contributed by atoms with Crippen LogP contribution in [0.3, 0.4) is 0 Å². The van der Waals surface area contributed by atoms with Crippen molar-refractivity contribution in [3.05, 3.63) is 48.0 Å². The Bertz CT molecular complexity index is 587. The van der Waals surface area contributed by atoms with Crippen molar-refractivity contribution in [2.24, 2.45) is 0 Å². The summed E-state index contributed by atoms with van der Waals surface area (Å²) in [7, 11) is 0. The van der Waals surface area contributed by atoms with E-state index in [4.69, 9.17) is 0 Å². The monoisotopic (exact) mass is 268 g/mol. The number of fused-ring (bicyclic) bond motifs is 1. The molecule has 1 aliphatic heterocycles. The molecule has 0 bridgehead atoms. The maximum absolute atomic E-state index is 3.56. The van der Waals surface area contributed by atoms with Gasteiger partial charge in [-0.2, -0.15) is 0 Å². The molecule has 3 atom stereocenters. The first kappa shape index (κ1) is 13.6. The molecule has 0 spiro atoms. The minimum atomic E-state index is 0.459. The Labute approximate surface area is 121 Å². The normalized spacial score (nSPS) is 25.8. The zero-order valence-electron chi connectivity index (χ0n) is 12.6. The highest BCUT2D eigenvalue weighted by Crippen LogP contribution is 2.30. The fourth-order valence-corrected chi connectivity index (χ4v) is 3.38. The maximum Gasteiger partial charge on any atom is 0.0330 e. The summed E-state index contributed by atoms with van der Waals surface area (Å²) in [5.74, 6) is 0. The van der Waals surface area contributed by atoms with Crippen molar-refractivity contribution >= 4 is 10.8 Å². The summed E-state index contributed by atoms with van der Waals surface area (Å²) < 4.78 is 0. The summed E-state index contributed by atoms with van der Waals surface area (Å²) in [5, 5.41) is 6.29. The summed E-state index contributed by atoms with van der Waals surface area (Å²) in [5.41, 5.74) is 1.45. The average molecular weight is 268 g/mol. The van der Waals surface area contributed by atoms with E-state index in [-0.39, 0.29) is 0 Å². The van der Waals surface area contributed by atoms with Crippen molar-refractivity contribution in [1.82, 2.24) is 10.2 Å². The second kappa shape index (κ2) is 5.55. The second-order valence-corrected chi connectivity index (χ2v) is 6.10. The topological polar surface area (TPSA) is 15.3 Å². The van der Waals surface area contributed by atoms with Crippen LogP contribution in [-0.4, -0.2) is 30.1 Å². The Kier molecular flexibility index (Phi) is 3.77. The Hall–Kier alpha value is -1.38. The van der Waals surface area contributed by atoms with Gasteiger partial charge in [-0.15, -0.1) is 0 Å². The van der Waals surface area contributed by atoms with Crippen molar-refractivity contribution in [2.75, 3.05) is 13.1 Å². The van der Waals surface area contributed by atoms with E-state index in [9.17, 15) is 0 Å². The Morgan fingerprint density at radius 1 is 1.10 bits per heavy atom. The van der Waals surface area contributed by atoms with Crippen LogP contribution >= 0.6 is 0 Å². The van der Waals surface area contributed by atoms with Gasteiger partial charge in [0.2, 0.25) is 0 Å². The van der Waals surface area contributed by atoms with Crippen LogP contribution in [0.4, 0.5) is 0 Å². The van der Waals surface area contributed by atoms with E-state index < -0.39 is 0 Å². The quantitative estimate of drug-likeness (QED) is 0.895. The van der Waals surface area contributed by atoms with E-state index in [1.165, 1.54) is 16.3 Å². The second-order valence-electron chi connectivity index (χ2n) is 6.10. The fraction of sp³-hybridized carbons (Fsp3) is 0.444. The number of nitrogens with one attached hydrogen (secondary N) is 1. The molecule has 2 heteroatoms. The van der Waals surface area contributed by atoms with Crippen LogP contribution in [0.1, 0.15) is 32.4 Å². The molecule has 2 aromatic carbocycles. The van der Waals surface area contributed by atoms with Crippen LogP contribution in [0, 0.1) is 0 Å². The first-order valence-corrected chi connectivity index (χ1v) is 7.63. The van der Waals surface area contributed by atoms with Crippen molar-refractivity contribution in [2.45, 2.75) is 38.9 Å². The lowest BCUT2D eigenvalue weighted by Crippen LogP contribution is -2.54. The molecule has 1 N–H and O–H groups in total. The standard InChI is InChI=1S/C18H24N2/c1-13-12-20(14(2)11-19-13)15(3)17-10-6-8-16-7-4-5-9-18(16)17/h4-10,13-15,19H,11-12H2,1-3H3. The van der Waals surface area contributed by atoms with E-state index in [1.54, 1.807) is 0 Å². The molecule has 106 valence electrons. The first-order valence-electron chi connectivity index (χ1n) is 7.63. The van der Waals surface area contributed by atoms with Gasteiger partial charge in [-0.3, -0.25) is 4.90 Å². The summed E-state index contributed by atoms with van der Waals surface area (Å²) in [4.78, 5) is 2.63. The predicted octanol–water partition coefficient (Wildman–Crippen LogP) is 3.58. The van der Waals surface area contributed by atoms with Crippen LogP contribution in [0.25, 0.3) is 10.8 Å². The zero-order valence-corrected chi connectivity index (χ0v) is 12.6. The van der Waals surface area contributed by atoms with Crippen molar-refractivity contribution in [3.63, 3.8) is 0 Å². The number of hydrogen-bond acceptors (Lipinski definition) is 2. The highest BCUT2D eigenvalue weighted by molar-refractivity contribution is 5.86. The van der Waals surface area contributed by atoms with Gasteiger partial charge in [-0.05, 0) is 37.1 Å². The number of nitrogens with zero attached hydrogens (tertiary/aromatic N) is 1. The van der Waals surface area contributed by atoms with Gasteiger partial charge in [0.1, 0.15) is 0 Å². The third-order valence-electron chi connectivity index (χ3n) is 4.58. The summed E-state index contributed by atoms with van der Waals surface area (Å²) in [6.45, 7) is 9.13. The van der Waals surface area contributed by atoms with Gasteiger partial charge in [0, 0.05) is 31.2 Å². The molecule has 3 rings (SSSR count). The molecule has 0 amide bonds. The van der Waals surface area contributed by atoms with Crippen LogP contribution in [0.2, 0.25) is 0 Å². The lowest BCUT2D eigenvalue weighted by Gasteiger charge is -2.41. The predicted molar refractivity (Wildman–Crippen MR) is 86.0 cm³/mol. The van der Waals surface area contributed by atoms with Gasteiger partial charge >= 0.3 is 0 Å². The summed E-state index contributed by atoms with van der Waals surface area (Å²) in [6, 6.07) is 17.0. The van der Waals surface area contributed by atoms with Gasteiger partial charge < -0.3 is 5.32 Å². The minimum absolute atomic E-state index is 0.459.